The Kier molecular flexibility index (Phi) is 4.09. The maximum absolute atomic E-state index is 12.9. The summed E-state index contributed by atoms with van der Waals surface area (Å²) >= 11 is 0. The van der Waals surface area contributed by atoms with E-state index in [-0.39, 0.29) is 11.7 Å². The van der Waals surface area contributed by atoms with Gasteiger partial charge in [0.1, 0.15) is 11.6 Å². The van der Waals surface area contributed by atoms with Crippen LogP contribution in [0.1, 0.15) is 22.7 Å². The molecule has 1 aliphatic rings. The quantitative estimate of drug-likeness (QED) is 0.942. The molecule has 0 radical (unpaired) electrons. The fraction of sp³-hybridized carbons (Fsp3) is 0.375. The molecule has 22 heavy (non-hydrogen) atoms. The third-order valence-corrected chi connectivity index (χ3v) is 3.99. The van der Waals surface area contributed by atoms with Gasteiger partial charge in [-0.25, -0.2) is 9.37 Å². The molecule has 1 atom stereocenters. The van der Waals surface area contributed by atoms with Gasteiger partial charge in [-0.3, -0.25) is 4.79 Å². The molecule has 1 aromatic heterocycles. The Morgan fingerprint density at radius 1 is 1.45 bits per heavy atom. The second-order valence-electron chi connectivity index (χ2n) is 5.54. The average Bonchev–Trinajstić information content (AvgIpc) is 3.14. The lowest BCUT2D eigenvalue weighted by molar-refractivity contribution is 0.0942. The highest BCUT2D eigenvalue weighted by atomic mass is 19.1. The van der Waals surface area contributed by atoms with Crippen molar-refractivity contribution in [2.24, 2.45) is 5.92 Å². The molecule has 116 valence electrons. The van der Waals surface area contributed by atoms with Crippen LogP contribution in [0.15, 0.2) is 35.1 Å². The Labute approximate surface area is 128 Å². The Morgan fingerprint density at radius 3 is 2.91 bits per heavy atom. The first kappa shape index (κ1) is 14.6. The van der Waals surface area contributed by atoms with E-state index >= 15 is 0 Å². The van der Waals surface area contributed by atoms with E-state index in [2.05, 4.69) is 15.2 Å². The molecule has 0 bridgehead atoms. The fourth-order valence-corrected chi connectivity index (χ4v) is 2.73. The number of aromatic nitrogens is 1. The largest absolute Gasteiger partial charge is 0.448 e. The number of nitrogens with one attached hydrogen (secondary N) is 1. The summed E-state index contributed by atoms with van der Waals surface area (Å²) in [6.07, 6.45) is 2.27. The molecule has 1 N–H and O–H groups in total. The lowest BCUT2D eigenvalue weighted by Crippen LogP contribution is -2.31. The molecule has 6 heteroatoms. The van der Waals surface area contributed by atoms with Crippen molar-refractivity contribution in [1.29, 1.82) is 0 Å². The van der Waals surface area contributed by atoms with Gasteiger partial charge in [0.15, 0.2) is 12.1 Å². The van der Waals surface area contributed by atoms with E-state index in [1.807, 2.05) is 0 Å². The Bertz CT molecular complexity index is 654. The van der Waals surface area contributed by atoms with E-state index < -0.39 is 0 Å². The zero-order chi connectivity index (χ0) is 15.5. The van der Waals surface area contributed by atoms with Crippen LogP contribution in [0.5, 0.6) is 0 Å². The van der Waals surface area contributed by atoms with Gasteiger partial charge < -0.3 is 14.6 Å². The molecule has 1 aromatic carbocycles. The summed E-state index contributed by atoms with van der Waals surface area (Å²) in [5.74, 6) is 0.472. The Balaban J connectivity index is 1.52. The van der Waals surface area contributed by atoms with Crippen molar-refractivity contribution in [3.05, 3.63) is 47.9 Å². The highest BCUT2D eigenvalue weighted by molar-refractivity contribution is 5.93. The van der Waals surface area contributed by atoms with Crippen molar-refractivity contribution >= 4 is 11.6 Å². The van der Waals surface area contributed by atoms with Crippen LogP contribution in [0.4, 0.5) is 10.1 Å². The first-order chi connectivity index (χ1) is 10.6. The number of carbonyl (C=O) groups excluding carboxylic acids is 1. The fourth-order valence-electron chi connectivity index (χ4n) is 2.73. The number of anilines is 1. The maximum atomic E-state index is 12.9. The molecule has 1 unspecified atom stereocenters. The maximum Gasteiger partial charge on any atom is 0.273 e. The summed E-state index contributed by atoms with van der Waals surface area (Å²) in [5, 5.41) is 2.90. The smallest absolute Gasteiger partial charge is 0.273 e. The van der Waals surface area contributed by atoms with Crippen LogP contribution in [0, 0.1) is 18.7 Å². The van der Waals surface area contributed by atoms with Crippen molar-refractivity contribution < 1.29 is 13.6 Å². The van der Waals surface area contributed by atoms with Crippen molar-refractivity contribution in [1.82, 2.24) is 10.3 Å². The summed E-state index contributed by atoms with van der Waals surface area (Å²) in [4.78, 5) is 18.1. The van der Waals surface area contributed by atoms with Crippen LogP contribution in [0.3, 0.4) is 0 Å². The van der Waals surface area contributed by atoms with Gasteiger partial charge in [0.2, 0.25) is 0 Å². The normalized spacial score (nSPS) is 17.7. The predicted octanol–water partition coefficient (Wildman–Crippen LogP) is 2.38. The molecule has 0 spiro atoms. The third kappa shape index (κ3) is 3.10. The summed E-state index contributed by atoms with van der Waals surface area (Å²) < 4.78 is 18.0. The zero-order valence-electron chi connectivity index (χ0n) is 12.4. The van der Waals surface area contributed by atoms with E-state index in [0.717, 1.165) is 25.2 Å². The molecule has 1 saturated heterocycles. The minimum absolute atomic E-state index is 0.202. The standard InChI is InChI=1S/C16H18FN3O2/c1-11-15(19-10-22-11)16(21)18-8-12-6-7-20(9-12)14-4-2-13(17)3-5-14/h2-5,10,12H,6-9H2,1H3,(H,18,21). The molecule has 2 aromatic rings. The molecule has 3 rings (SSSR count). The van der Waals surface area contributed by atoms with Crippen LogP contribution >= 0.6 is 0 Å². The van der Waals surface area contributed by atoms with Crippen LogP contribution in [-0.4, -0.2) is 30.5 Å². The molecule has 0 saturated carbocycles. The number of rotatable bonds is 4. The number of aryl methyl sites for hydroxylation is 1. The topological polar surface area (TPSA) is 58.4 Å². The SMILES string of the molecule is Cc1ocnc1C(=O)NCC1CCN(c2ccc(F)cc2)C1. The number of carbonyl (C=O) groups is 1. The number of nitrogens with zero attached hydrogens (tertiary/aromatic N) is 2. The number of hydrogen-bond acceptors (Lipinski definition) is 4. The van der Waals surface area contributed by atoms with Crippen LogP contribution < -0.4 is 10.2 Å². The van der Waals surface area contributed by atoms with Crippen molar-refractivity contribution in [2.45, 2.75) is 13.3 Å². The van der Waals surface area contributed by atoms with E-state index in [4.69, 9.17) is 4.42 Å². The lowest BCUT2D eigenvalue weighted by Gasteiger charge is -2.18. The lowest BCUT2D eigenvalue weighted by atomic mass is 10.1. The first-order valence-corrected chi connectivity index (χ1v) is 7.32. The van der Waals surface area contributed by atoms with Gasteiger partial charge in [-0.2, -0.15) is 0 Å². The molecule has 2 heterocycles. The Hall–Kier alpha value is -2.37. The highest BCUT2D eigenvalue weighted by Gasteiger charge is 2.24. The molecule has 5 nitrogen and oxygen atoms in total. The molecule has 1 aliphatic heterocycles. The number of oxazole rings is 1. The molecular formula is C16H18FN3O2. The van der Waals surface area contributed by atoms with Crippen LogP contribution in [0.25, 0.3) is 0 Å². The first-order valence-electron chi connectivity index (χ1n) is 7.32. The average molecular weight is 303 g/mol. The number of hydrogen-bond donors (Lipinski definition) is 1. The molecule has 0 aliphatic carbocycles. The van der Waals surface area contributed by atoms with E-state index in [0.29, 0.717) is 23.9 Å². The van der Waals surface area contributed by atoms with Gasteiger partial charge in [0.05, 0.1) is 0 Å². The van der Waals surface area contributed by atoms with E-state index in [1.54, 1.807) is 19.1 Å². The van der Waals surface area contributed by atoms with Gasteiger partial charge >= 0.3 is 0 Å². The summed E-state index contributed by atoms with van der Waals surface area (Å²) in [6, 6.07) is 6.51. The number of halogens is 1. The van der Waals surface area contributed by atoms with Gasteiger partial charge in [0.25, 0.3) is 5.91 Å². The van der Waals surface area contributed by atoms with Crippen LogP contribution in [-0.2, 0) is 0 Å². The molecular weight excluding hydrogens is 285 g/mol. The second kappa shape index (κ2) is 6.17. The van der Waals surface area contributed by atoms with Crippen molar-refractivity contribution in [3.8, 4) is 0 Å². The van der Waals surface area contributed by atoms with E-state index in [9.17, 15) is 9.18 Å². The molecule has 1 fully saturated rings. The predicted molar refractivity (Wildman–Crippen MR) is 80.3 cm³/mol. The summed E-state index contributed by atoms with van der Waals surface area (Å²) in [6.45, 7) is 4.08. The zero-order valence-corrected chi connectivity index (χ0v) is 12.4. The number of amides is 1. The van der Waals surface area contributed by atoms with Crippen molar-refractivity contribution in [3.63, 3.8) is 0 Å². The van der Waals surface area contributed by atoms with Gasteiger partial charge in [0, 0.05) is 25.3 Å². The van der Waals surface area contributed by atoms with Gasteiger partial charge in [-0.15, -0.1) is 0 Å². The van der Waals surface area contributed by atoms with Gasteiger partial charge in [-0.1, -0.05) is 0 Å². The summed E-state index contributed by atoms with van der Waals surface area (Å²) in [7, 11) is 0. The van der Waals surface area contributed by atoms with Crippen molar-refractivity contribution in [2.75, 3.05) is 24.5 Å². The van der Waals surface area contributed by atoms with Crippen LogP contribution in [0.2, 0.25) is 0 Å². The monoisotopic (exact) mass is 303 g/mol. The van der Waals surface area contributed by atoms with E-state index in [1.165, 1.54) is 18.5 Å². The third-order valence-electron chi connectivity index (χ3n) is 3.99. The minimum Gasteiger partial charge on any atom is -0.448 e. The minimum atomic E-state index is -0.227. The Morgan fingerprint density at radius 2 is 2.23 bits per heavy atom. The van der Waals surface area contributed by atoms with Gasteiger partial charge in [-0.05, 0) is 43.5 Å². The molecule has 1 amide bonds. The summed E-state index contributed by atoms with van der Waals surface area (Å²) in [5.41, 5.74) is 1.36. The number of benzene rings is 1. The highest BCUT2D eigenvalue weighted by Crippen LogP contribution is 2.23. The second-order valence-corrected chi connectivity index (χ2v) is 5.54.